The maximum Gasteiger partial charge on any atom is 0.407 e. The lowest BCUT2D eigenvalue weighted by atomic mass is 10.0. The molecule has 12 nitrogen and oxygen atoms in total. The average Bonchev–Trinajstić information content (AvgIpc) is 3.58. The van der Waals surface area contributed by atoms with E-state index in [1.54, 1.807) is 12.1 Å². The standard InChI is InChI=1S/C37H46N4O8S/c1-25(2)22-41(23-33(42)32(21-26-7-4-3-5-8-26)40-37(47)49-30-19-20-48-24-30)50-31-17-15-29(16-18-31)39-35(44)10-6-9-34(43)38-28-13-11-27(12-14-28)36(45)46/h3-5,7-8,11-18,25,30,32-33,42H,6,9-10,19-24H2,1-2H3,(H,38,43)(H,39,44)(H,40,47)(H,45,46). The third kappa shape index (κ3) is 13.5. The van der Waals surface area contributed by atoms with Crippen LogP contribution >= 0.6 is 11.9 Å². The van der Waals surface area contributed by atoms with Gasteiger partial charge in [-0.2, -0.15) is 0 Å². The van der Waals surface area contributed by atoms with Crippen molar-refractivity contribution in [3.63, 3.8) is 0 Å². The van der Waals surface area contributed by atoms with Gasteiger partial charge in [0, 0.05) is 48.6 Å². The summed E-state index contributed by atoms with van der Waals surface area (Å²) >= 11 is 1.49. The number of hydrogen-bond donors (Lipinski definition) is 5. The number of carbonyl (C=O) groups is 4. The van der Waals surface area contributed by atoms with Gasteiger partial charge in [0.25, 0.3) is 0 Å². The van der Waals surface area contributed by atoms with Gasteiger partial charge in [0.05, 0.1) is 30.9 Å². The van der Waals surface area contributed by atoms with Crippen molar-refractivity contribution >= 4 is 47.2 Å². The first-order valence-corrected chi connectivity index (χ1v) is 17.5. The normalized spacial score (nSPS) is 15.3. The van der Waals surface area contributed by atoms with Crippen LogP contribution in [0, 0.1) is 5.92 Å². The predicted octanol–water partition coefficient (Wildman–Crippen LogP) is 5.58. The lowest BCUT2D eigenvalue weighted by Crippen LogP contribution is -2.49. The summed E-state index contributed by atoms with van der Waals surface area (Å²) in [7, 11) is 0. The molecule has 0 spiro atoms. The van der Waals surface area contributed by atoms with E-state index in [0.717, 1.165) is 10.5 Å². The molecule has 1 aliphatic heterocycles. The maximum absolute atomic E-state index is 12.8. The van der Waals surface area contributed by atoms with E-state index in [1.807, 2.05) is 42.5 Å². The molecular formula is C37H46N4O8S. The fraction of sp³-hybridized carbons (Fsp3) is 0.405. The second-order valence-electron chi connectivity index (χ2n) is 12.6. The molecule has 3 unspecified atom stereocenters. The molecule has 1 fully saturated rings. The summed E-state index contributed by atoms with van der Waals surface area (Å²) in [6, 6.07) is 22.4. The predicted molar refractivity (Wildman–Crippen MR) is 192 cm³/mol. The number of anilines is 2. The molecule has 0 aliphatic carbocycles. The minimum Gasteiger partial charge on any atom is -0.478 e. The number of hydrogen-bond acceptors (Lipinski definition) is 9. The van der Waals surface area contributed by atoms with Gasteiger partial charge >= 0.3 is 12.1 Å². The number of aromatic carboxylic acids is 1. The summed E-state index contributed by atoms with van der Waals surface area (Å²) in [4.78, 5) is 49.5. The topological polar surface area (TPSA) is 167 Å². The second kappa shape index (κ2) is 19.7. The molecule has 0 aromatic heterocycles. The highest BCUT2D eigenvalue weighted by Gasteiger charge is 2.28. The Morgan fingerprint density at radius 2 is 1.52 bits per heavy atom. The molecular weight excluding hydrogens is 660 g/mol. The summed E-state index contributed by atoms with van der Waals surface area (Å²) in [5, 5.41) is 28.9. The van der Waals surface area contributed by atoms with Crippen LogP contribution in [0.4, 0.5) is 16.2 Å². The highest BCUT2D eigenvalue weighted by Crippen LogP contribution is 2.26. The van der Waals surface area contributed by atoms with Crippen molar-refractivity contribution in [2.45, 2.75) is 69.1 Å². The number of nitrogens with zero attached hydrogens (tertiary/aromatic N) is 1. The quantitative estimate of drug-likeness (QED) is 0.105. The third-order valence-electron chi connectivity index (χ3n) is 7.78. The first-order valence-electron chi connectivity index (χ1n) is 16.8. The molecule has 1 saturated heterocycles. The van der Waals surface area contributed by atoms with Crippen molar-refractivity contribution in [1.29, 1.82) is 0 Å². The van der Waals surface area contributed by atoms with Crippen LogP contribution in [0.1, 0.15) is 55.5 Å². The number of nitrogens with one attached hydrogen (secondary N) is 3. The van der Waals surface area contributed by atoms with E-state index in [-0.39, 0.29) is 42.9 Å². The van der Waals surface area contributed by atoms with Crippen molar-refractivity contribution in [3.8, 4) is 0 Å². The number of carbonyl (C=O) groups excluding carboxylic acids is 3. The molecule has 1 heterocycles. The lowest BCUT2D eigenvalue weighted by molar-refractivity contribution is -0.117. The largest absolute Gasteiger partial charge is 0.478 e. The highest BCUT2D eigenvalue weighted by atomic mass is 32.2. The molecule has 268 valence electrons. The van der Waals surface area contributed by atoms with Gasteiger partial charge in [-0.1, -0.05) is 44.2 Å². The SMILES string of the molecule is CC(C)CN(CC(O)C(Cc1ccccc1)NC(=O)OC1CCOC1)Sc1ccc(NC(=O)CCCC(=O)Nc2ccc(C(=O)O)cc2)cc1. The van der Waals surface area contributed by atoms with E-state index in [1.165, 1.54) is 36.2 Å². The lowest BCUT2D eigenvalue weighted by Gasteiger charge is -2.30. The van der Waals surface area contributed by atoms with Gasteiger partial charge in [-0.15, -0.1) is 0 Å². The number of rotatable bonds is 18. The van der Waals surface area contributed by atoms with Gasteiger partial charge in [0.1, 0.15) is 6.10 Å². The molecule has 3 atom stereocenters. The Bertz CT molecular complexity index is 1530. The highest BCUT2D eigenvalue weighted by molar-refractivity contribution is 7.97. The molecule has 50 heavy (non-hydrogen) atoms. The van der Waals surface area contributed by atoms with Crippen LogP contribution in [0.5, 0.6) is 0 Å². The van der Waals surface area contributed by atoms with E-state index in [2.05, 4.69) is 34.1 Å². The number of ether oxygens (including phenoxy) is 2. The molecule has 3 aromatic carbocycles. The smallest absolute Gasteiger partial charge is 0.407 e. The van der Waals surface area contributed by atoms with Crippen molar-refractivity contribution in [2.24, 2.45) is 5.92 Å². The summed E-state index contributed by atoms with van der Waals surface area (Å²) in [6.45, 7) is 6.09. The number of aliphatic hydroxyl groups is 1. The molecule has 0 bridgehead atoms. The van der Waals surface area contributed by atoms with E-state index in [4.69, 9.17) is 14.6 Å². The molecule has 3 amide bonds. The Morgan fingerprint density at radius 1 is 0.900 bits per heavy atom. The number of benzene rings is 3. The van der Waals surface area contributed by atoms with Crippen LogP contribution in [0.25, 0.3) is 0 Å². The van der Waals surface area contributed by atoms with E-state index >= 15 is 0 Å². The van der Waals surface area contributed by atoms with Gasteiger partial charge in [0.15, 0.2) is 0 Å². The zero-order chi connectivity index (χ0) is 35.9. The van der Waals surface area contributed by atoms with E-state index in [9.17, 15) is 24.3 Å². The maximum atomic E-state index is 12.8. The van der Waals surface area contributed by atoms with Crippen LogP contribution in [-0.4, -0.2) is 82.9 Å². The Kier molecular flexibility index (Phi) is 15.1. The Morgan fingerprint density at radius 3 is 2.08 bits per heavy atom. The summed E-state index contributed by atoms with van der Waals surface area (Å²) in [5.74, 6) is -1.22. The zero-order valence-electron chi connectivity index (χ0n) is 28.4. The van der Waals surface area contributed by atoms with Gasteiger partial charge in [0.2, 0.25) is 11.8 Å². The van der Waals surface area contributed by atoms with Crippen LogP contribution in [0.15, 0.2) is 83.8 Å². The van der Waals surface area contributed by atoms with Crippen LogP contribution in [-0.2, 0) is 25.5 Å². The average molecular weight is 707 g/mol. The molecule has 0 saturated carbocycles. The van der Waals surface area contributed by atoms with Gasteiger partial charge < -0.3 is 35.6 Å². The van der Waals surface area contributed by atoms with Crippen molar-refractivity contribution < 1.29 is 38.9 Å². The molecule has 5 N–H and O–H groups in total. The molecule has 13 heteroatoms. The van der Waals surface area contributed by atoms with Crippen molar-refractivity contribution in [2.75, 3.05) is 36.9 Å². The van der Waals surface area contributed by atoms with Crippen LogP contribution in [0.3, 0.4) is 0 Å². The minimum absolute atomic E-state index is 0.129. The third-order valence-corrected chi connectivity index (χ3v) is 8.82. The Balaban J connectivity index is 1.27. The van der Waals surface area contributed by atoms with Gasteiger partial charge in [-0.25, -0.2) is 13.9 Å². The number of carboxylic acid groups (broad SMARTS) is 1. The monoisotopic (exact) mass is 706 g/mol. The van der Waals surface area contributed by atoms with Crippen molar-refractivity contribution in [3.05, 3.63) is 90.0 Å². The first-order chi connectivity index (χ1) is 24.0. The summed E-state index contributed by atoms with van der Waals surface area (Å²) < 4.78 is 12.9. The number of aliphatic hydroxyl groups excluding tert-OH is 1. The summed E-state index contributed by atoms with van der Waals surface area (Å²) in [5.41, 5.74) is 2.22. The fourth-order valence-corrected chi connectivity index (χ4v) is 6.44. The Hall–Kier alpha value is -4.43. The minimum atomic E-state index is -1.04. The summed E-state index contributed by atoms with van der Waals surface area (Å²) in [6.07, 6.45) is -0.0502. The zero-order valence-corrected chi connectivity index (χ0v) is 29.2. The fourth-order valence-electron chi connectivity index (χ4n) is 5.29. The Labute approximate surface area is 297 Å². The molecule has 1 aliphatic rings. The van der Waals surface area contributed by atoms with E-state index < -0.39 is 24.2 Å². The van der Waals surface area contributed by atoms with Crippen LogP contribution in [0.2, 0.25) is 0 Å². The van der Waals surface area contributed by atoms with Gasteiger partial charge in [-0.3, -0.25) is 9.59 Å². The van der Waals surface area contributed by atoms with E-state index in [0.29, 0.717) is 56.3 Å². The molecule has 0 radical (unpaired) electrons. The van der Waals surface area contributed by atoms with Gasteiger partial charge in [-0.05, 0) is 84.8 Å². The van der Waals surface area contributed by atoms with Crippen molar-refractivity contribution in [1.82, 2.24) is 9.62 Å². The number of amides is 3. The van der Waals surface area contributed by atoms with Crippen LogP contribution < -0.4 is 16.0 Å². The molecule has 3 aromatic rings. The molecule has 4 rings (SSSR count). The first kappa shape index (κ1) is 38.4. The number of carboxylic acids is 1. The number of alkyl carbamates (subject to hydrolysis) is 1. The second-order valence-corrected chi connectivity index (χ2v) is 13.8.